The molecule has 2 amide bonds. The summed E-state index contributed by atoms with van der Waals surface area (Å²) in [6.07, 6.45) is 5.51. The quantitative estimate of drug-likeness (QED) is 0.711. The van der Waals surface area contributed by atoms with Crippen LogP contribution in [0.15, 0.2) is 16.9 Å². The summed E-state index contributed by atoms with van der Waals surface area (Å²) in [5, 5.41) is 2.68. The molecule has 1 aliphatic carbocycles. The van der Waals surface area contributed by atoms with Gasteiger partial charge in [0.1, 0.15) is 5.82 Å². The normalized spacial score (nSPS) is 18.6. The topological polar surface area (TPSA) is 114 Å². The van der Waals surface area contributed by atoms with Crippen LogP contribution in [0.1, 0.15) is 38.5 Å². The third-order valence-electron chi connectivity index (χ3n) is 5.72. The first-order valence-electron chi connectivity index (χ1n) is 9.99. The zero-order valence-electron chi connectivity index (χ0n) is 15.9. The summed E-state index contributed by atoms with van der Waals surface area (Å²) < 4.78 is 0. The van der Waals surface area contributed by atoms with Crippen molar-refractivity contribution in [1.82, 2.24) is 24.8 Å². The number of carbonyl (C=O) groups is 2. The number of aromatic nitrogens is 3. The number of carbonyl (C=O) groups excluding carboxylic acids is 2. The van der Waals surface area contributed by atoms with Gasteiger partial charge in [0.2, 0.25) is 11.8 Å². The first kappa shape index (κ1) is 18.7. The van der Waals surface area contributed by atoms with Gasteiger partial charge in [0.05, 0.1) is 5.52 Å². The summed E-state index contributed by atoms with van der Waals surface area (Å²) in [5.41, 5.74) is 0.624. The number of nitrogens with one attached hydrogen (secondary N) is 3. The van der Waals surface area contributed by atoms with Crippen molar-refractivity contribution in [2.75, 3.05) is 31.5 Å². The Hall–Kier alpha value is -2.68. The second-order valence-corrected chi connectivity index (χ2v) is 7.57. The fourth-order valence-corrected chi connectivity index (χ4v) is 4.18. The predicted octanol–water partition coefficient (Wildman–Crippen LogP) is 1.06. The van der Waals surface area contributed by atoms with E-state index in [1.165, 1.54) is 25.7 Å². The number of aromatic amines is 2. The Bertz CT molecular complexity index is 906. The van der Waals surface area contributed by atoms with E-state index in [1.807, 2.05) is 4.90 Å². The van der Waals surface area contributed by atoms with Crippen molar-refractivity contribution in [2.24, 2.45) is 0 Å². The molecule has 0 atom stereocenters. The molecule has 4 rings (SSSR count). The molecule has 2 fully saturated rings. The van der Waals surface area contributed by atoms with Crippen LogP contribution in [-0.2, 0) is 9.59 Å². The molecule has 9 heteroatoms. The molecule has 3 heterocycles. The molecule has 28 heavy (non-hydrogen) atoms. The number of rotatable bonds is 5. The van der Waals surface area contributed by atoms with Gasteiger partial charge in [-0.15, -0.1) is 0 Å². The Morgan fingerprint density at radius 3 is 2.57 bits per heavy atom. The first-order chi connectivity index (χ1) is 13.6. The molecule has 0 unspecified atom stereocenters. The number of imidazole rings is 1. The van der Waals surface area contributed by atoms with E-state index in [-0.39, 0.29) is 30.3 Å². The van der Waals surface area contributed by atoms with Gasteiger partial charge in [-0.25, -0.2) is 9.78 Å². The number of hydrogen-bond donors (Lipinski definition) is 3. The van der Waals surface area contributed by atoms with Crippen LogP contribution in [-0.4, -0.2) is 68.8 Å². The molecule has 1 aliphatic heterocycles. The highest BCUT2D eigenvalue weighted by atomic mass is 16.2. The van der Waals surface area contributed by atoms with E-state index in [9.17, 15) is 14.4 Å². The van der Waals surface area contributed by atoms with E-state index in [1.54, 1.807) is 12.1 Å². The molecule has 9 nitrogen and oxygen atoms in total. The average molecular weight is 386 g/mol. The minimum atomic E-state index is -0.343. The molecule has 2 aromatic rings. The highest BCUT2D eigenvalue weighted by molar-refractivity contribution is 5.93. The number of amides is 2. The number of H-pyrrole nitrogens is 2. The van der Waals surface area contributed by atoms with Gasteiger partial charge in [0, 0.05) is 45.1 Å². The third kappa shape index (κ3) is 4.24. The van der Waals surface area contributed by atoms with E-state index in [0.29, 0.717) is 23.0 Å². The van der Waals surface area contributed by atoms with E-state index in [4.69, 9.17) is 0 Å². The van der Waals surface area contributed by atoms with Gasteiger partial charge in [-0.05, 0) is 25.0 Å². The summed E-state index contributed by atoms with van der Waals surface area (Å²) in [5.74, 6) is 0.118. The Morgan fingerprint density at radius 1 is 1.07 bits per heavy atom. The van der Waals surface area contributed by atoms with Crippen molar-refractivity contribution in [1.29, 1.82) is 0 Å². The lowest BCUT2D eigenvalue weighted by atomic mass is 10.1. The van der Waals surface area contributed by atoms with Crippen LogP contribution in [0.4, 0.5) is 5.82 Å². The Morgan fingerprint density at radius 2 is 1.82 bits per heavy atom. The van der Waals surface area contributed by atoms with E-state index >= 15 is 0 Å². The van der Waals surface area contributed by atoms with Gasteiger partial charge >= 0.3 is 5.69 Å². The highest BCUT2D eigenvalue weighted by Crippen LogP contribution is 2.24. The molecule has 0 radical (unpaired) electrons. The summed E-state index contributed by atoms with van der Waals surface area (Å²) in [6.45, 7) is 3.36. The van der Waals surface area contributed by atoms with Gasteiger partial charge < -0.3 is 15.2 Å². The van der Waals surface area contributed by atoms with Crippen molar-refractivity contribution in [3.63, 3.8) is 0 Å². The van der Waals surface area contributed by atoms with Crippen molar-refractivity contribution in [3.05, 3.63) is 22.6 Å². The van der Waals surface area contributed by atoms with E-state index < -0.39 is 0 Å². The molecule has 2 aliphatic rings. The number of piperazine rings is 1. The minimum Gasteiger partial charge on any atom is -0.340 e. The van der Waals surface area contributed by atoms with Crippen LogP contribution >= 0.6 is 0 Å². The Kier molecular flexibility index (Phi) is 5.43. The second kappa shape index (κ2) is 8.14. The van der Waals surface area contributed by atoms with E-state index in [0.717, 1.165) is 26.2 Å². The number of hydrogen-bond acceptors (Lipinski definition) is 5. The Labute approximate surface area is 162 Å². The van der Waals surface area contributed by atoms with Gasteiger partial charge in [0.25, 0.3) is 0 Å². The van der Waals surface area contributed by atoms with Crippen molar-refractivity contribution < 1.29 is 9.59 Å². The standard InChI is InChI=1S/C19H26N6O3/c26-16(21-15-6-5-14-18(22-15)23-19(28)20-14)7-8-17(27)25-11-9-24(10-12-25)13-3-1-2-4-13/h5-6,13H,1-4,7-12H2,(H3,20,21,22,23,26,28). The molecule has 1 saturated heterocycles. The zero-order chi connectivity index (χ0) is 19.5. The average Bonchev–Trinajstić information content (AvgIpc) is 3.35. The molecule has 1 saturated carbocycles. The second-order valence-electron chi connectivity index (χ2n) is 7.57. The van der Waals surface area contributed by atoms with Crippen LogP contribution in [0.25, 0.3) is 11.2 Å². The summed E-state index contributed by atoms with van der Waals surface area (Å²) in [7, 11) is 0. The van der Waals surface area contributed by atoms with Crippen LogP contribution in [0.2, 0.25) is 0 Å². The minimum absolute atomic E-state index is 0.0274. The molecule has 2 aromatic heterocycles. The molecule has 0 aromatic carbocycles. The molecule has 150 valence electrons. The lowest BCUT2D eigenvalue weighted by molar-refractivity contribution is -0.134. The van der Waals surface area contributed by atoms with E-state index in [2.05, 4.69) is 25.2 Å². The highest BCUT2D eigenvalue weighted by Gasteiger charge is 2.27. The van der Waals surface area contributed by atoms with Gasteiger partial charge in [-0.2, -0.15) is 0 Å². The van der Waals surface area contributed by atoms with Crippen LogP contribution in [0.5, 0.6) is 0 Å². The maximum atomic E-state index is 12.4. The summed E-state index contributed by atoms with van der Waals surface area (Å²) >= 11 is 0. The molecule has 0 spiro atoms. The third-order valence-corrected chi connectivity index (χ3v) is 5.72. The molecule has 0 bridgehead atoms. The first-order valence-corrected chi connectivity index (χ1v) is 9.99. The monoisotopic (exact) mass is 386 g/mol. The number of fused-ring (bicyclic) bond motifs is 1. The van der Waals surface area contributed by atoms with Gasteiger partial charge in [-0.1, -0.05) is 12.8 Å². The maximum Gasteiger partial charge on any atom is 0.325 e. The maximum absolute atomic E-state index is 12.4. The smallest absolute Gasteiger partial charge is 0.325 e. The number of pyridine rings is 1. The Balaban J connectivity index is 1.22. The van der Waals surface area contributed by atoms with Gasteiger partial charge in [-0.3, -0.25) is 19.5 Å². The van der Waals surface area contributed by atoms with Gasteiger partial charge in [0.15, 0.2) is 5.65 Å². The fraction of sp³-hybridized carbons (Fsp3) is 0.579. The van der Waals surface area contributed by atoms with Crippen molar-refractivity contribution >= 4 is 28.8 Å². The van der Waals surface area contributed by atoms with Crippen LogP contribution in [0.3, 0.4) is 0 Å². The van der Waals surface area contributed by atoms with Crippen LogP contribution < -0.4 is 11.0 Å². The zero-order valence-corrected chi connectivity index (χ0v) is 15.9. The lowest BCUT2D eigenvalue weighted by Gasteiger charge is -2.38. The molecular weight excluding hydrogens is 360 g/mol. The predicted molar refractivity (Wildman–Crippen MR) is 105 cm³/mol. The lowest BCUT2D eigenvalue weighted by Crippen LogP contribution is -2.51. The fourth-order valence-electron chi connectivity index (χ4n) is 4.18. The van der Waals surface area contributed by atoms with Crippen molar-refractivity contribution in [2.45, 2.75) is 44.6 Å². The summed E-state index contributed by atoms with van der Waals surface area (Å²) in [6, 6.07) is 3.99. The number of nitrogens with zero attached hydrogens (tertiary/aromatic N) is 3. The SMILES string of the molecule is O=C(CCC(=O)N1CCN(C2CCCC2)CC1)Nc1ccc2[nH]c(=O)[nH]c2n1. The summed E-state index contributed by atoms with van der Waals surface area (Å²) in [4.78, 5) is 49.6. The molecular formula is C19H26N6O3. The number of anilines is 1. The van der Waals surface area contributed by atoms with Crippen LogP contribution in [0, 0.1) is 0 Å². The van der Waals surface area contributed by atoms with Crippen molar-refractivity contribution in [3.8, 4) is 0 Å². The largest absolute Gasteiger partial charge is 0.340 e. The molecule has 3 N–H and O–H groups in total.